The van der Waals surface area contributed by atoms with Gasteiger partial charge in [-0.3, -0.25) is 0 Å². The van der Waals surface area contributed by atoms with E-state index in [1.54, 1.807) is 17.9 Å². The molecule has 136 valence electrons. The number of rotatable bonds is 4. The largest absolute Gasteiger partial charge is 0.497 e. The molecule has 8 nitrogen and oxygen atoms in total. The first-order valence-corrected chi connectivity index (χ1v) is 8.22. The van der Waals surface area contributed by atoms with E-state index < -0.39 is 24.5 Å². The molecule has 0 aliphatic carbocycles. The highest BCUT2D eigenvalue weighted by Gasteiger charge is 2.43. The molecule has 0 radical (unpaired) electrons. The third-order valence-electron chi connectivity index (χ3n) is 4.66. The molecule has 0 spiro atoms. The van der Waals surface area contributed by atoms with Gasteiger partial charge in [0, 0.05) is 17.1 Å². The molecule has 3 heterocycles. The van der Waals surface area contributed by atoms with Crippen LogP contribution < -0.4 is 4.74 Å². The average Bonchev–Trinajstić information content (AvgIpc) is 3.23. The van der Waals surface area contributed by atoms with Crippen molar-refractivity contribution in [3.05, 3.63) is 42.9 Å². The summed E-state index contributed by atoms with van der Waals surface area (Å²) >= 11 is 0. The van der Waals surface area contributed by atoms with Crippen LogP contribution in [-0.2, 0) is 4.74 Å². The molecule has 3 N–H and O–H groups in total. The molecule has 0 saturated carbocycles. The number of aliphatic hydroxyl groups is 3. The molecule has 4 atom stereocenters. The Hall–Kier alpha value is -2.52. The molecule has 1 aromatic carbocycles. The zero-order valence-corrected chi connectivity index (χ0v) is 14.1. The molecule has 2 aromatic heterocycles. The van der Waals surface area contributed by atoms with Gasteiger partial charge in [-0.05, 0) is 30.3 Å². The van der Waals surface area contributed by atoms with Crippen LogP contribution in [0, 0.1) is 0 Å². The van der Waals surface area contributed by atoms with E-state index in [2.05, 4.69) is 9.97 Å². The lowest BCUT2D eigenvalue weighted by molar-refractivity contribution is -0.0508. The summed E-state index contributed by atoms with van der Waals surface area (Å²) in [6.07, 6.45) is -0.826. The number of methoxy groups -OCH3 is 1. The van der Waals surface area contributed by atoms with Crippen molar-refractivity contribution >= 4 is 11.0 Å². The van der Waals surface area contributed by atoms with E-state index in [9.17, 15) is 15.3 Å². The Morgan fingerprint density at radius 2 is 1.88 bits per heavy atom. The van der Waals surface area contributed by atoms with E-state index in [-0.39, 0.29) is 6.61 Å². The maximum absolute atomic E-state index is 10.3. The first kappa shape index (κ1) is 16.9. The van der Waals surface area contributed by atoms with Crippen molar-refractivity contribution in [3.63, 3.8) is 0 Å². The maximum atomic E-state index is 10.3. The zero-order chi connectivity index (χ0) is 18.3. The van der Waals surface area contributed by atoms with E-state index in [1.807, 2.05) is 30.3 Å². The van der Waals surface area contributed by atoms with Crippen LogP contribution in [0.1, 0.15) is 6.23 Å². The van der Waals surface area contributed by atoms with Crippen molar-refractivity contribution < 1.29 is 24.8 Å². The number of nitrogens with zero attached hydrogens (tertiary/aromatic N) is 3. The van der Waals surface area contributed by atoms with Crippen LogP contribution in [0.15, 0.2) is 42.9 Å². The summed E-state index contributed by atoms with van der Waals surface area (Å²) in [6, 6.07) is 9.36. The monoisotopic (exact) mass is 357 g/mol. The summed E-state index contributed by atoms with van der Waals surface area (Å²) in [6.45, 7) is -0.375. The summed E-state index contributed by atoms with van der Waals surface area (Å²) < 4.78 is 12.4. The van der Waals surface area contributed by atoms with Crippen LogP contribution in [0.2, 0.25) is 0 Å². The Bertz CT molecular complexity index is 911. The predicted molar refractivity (Wildman–Crippen MR) is 92.5 cm³/mol. The minimum atomic E-state index is -1.16. The highest BCUT2D eigenvalue weighted by Crippen LogP contribution is 2.34. The number of hydrogen-bond acceptors (Lipinski definition) is 7. The van der Waals surface area contributed by atoms with Crippen molar-refractivity contribution in [2.24, 2.45) is 0 Å². The standard InChI is InChI=1S/C18H19N3O5/c1-25-11-4-2-10(3-5-11)14-12-6-7-21(17(12)20-9-19-14)18-16(24)15(23)13(8-22)26-18/h2-7,9,13,15-16,18,22-24H,8H2,1H3/t13-,15-,16-,18-/m1/s1. The first-order valence-electron chi connectivity index (χ1n) is 8.22. The second-order valence-electron chi connectivity index (χ2n) is 6.14. The molecule has 0 amide bonds. The van der Waals surface area contributed by atoms with Gasteiger partial charge in [-0.1, -0.05) is 0 Å². The second kappa shape index (κ2) is 6.65. The van der Waals surface area contributed by atoms with Crippen molar-refractivity contribution in [2.45, 2.75) is 24.5 Å². The summed E-state index contributed by atoms with van der Waals surface area (Å²) in [4.78, 5) is 8.69. The lowest BCUT2D eigenvalue weighted by Crippen LogP contribution is -2.33. The van der Waals surface area contributed by atoms with Gasteiger partial charge in [-0.25, -0.2) is 9.97 Å². The number of aliphatic hydroxyl groups excluding tert-OH is 3. The average molecular weight is 357 g/mol. The Labute approximate surface area is 149 Å². The van der Waals surface area contributed by atoms with Gasteiger partial charge >= 0.3 is 0 Å². The fraction of sp³-hybridized carbons (Fsp3) is 0.333. The van der Waals surface area contributed by atoms with Gasteiger partial charge in [0.15, 0.2) is 6.23 Å². The highest BCUT2D eigenvalue weighted by molar-refractivity contribution is 5.91. The van der Waals surface area contributed by atoms with E-state index in [0.717, 1.165) is 22.4 Å². The zero-order valence-electron chi connectivity index (χ0n) is 14.1. The molecule has 8 heteroatoms. The van der Waals surface area contributed by atoms with Crippen LogP contribution in [0.3, 0.4) is 0 Å². The molecular weight excluding hydrogens is 338 g/mol. The van der Waals surface area contributed by atoms with E-state index in [0.29, 0.717) is 5.65 Å². The number of fused-ring (bicyclic) bond motifs is 1. The van der Waals surface area contributed by atoms with Crippen LogP contribution >= 0.6 is 0 Å². The van der Waals surface area contributed by atoms with Crippen LogP contribution in [0.25, 0.3) is 22.3 Å². The summed E-state index contributed by atoms with van der Waals surface area (Å²) in [5.41, 5.74) is 2.21. The molecular formula is C18H19N3O5. The summed E-state index contributed by atoms with van der Waals surface area (Å²) in [5, 5.41) is 30.3. The number of aromatic nitrogens is 3. The van der Waals surface area contributed by atoms with Gasteiger partial charge in [0.05, 0.1) is 19.4 Å². The van der Waals surface area contributed by atoms with Crippen LogP contribution in [0.5, 0.6) is 5.75 Å². The predicted octanol–water partition coefficient (Wildman–Crippen LogP) is 0.718. The van der Waals surface area contributed by atoms with Gasteiger partial charge in [-0.2, -0.15) is 0 Å². The smallest absolute Gasteiger partial charge is 0.164 e. The van der Waals surface area contributed by atoms with Gasteiger partial charge < -0.3 is 29.4 Å². The Morgan fingerprint density at radius 1 is 1.12 bits per heavy atom. The number of benzene rings is 1. The van der Waals surface area contributed by atoms with Gasteiger partial charge in [-0.15, -0.1) is 0 Å². The fourth-order valence-corrected chi connectivity index (χ4v) is 3.27. The maximum Gasteiger partial charge on any atom is 0.164 e. The Kier molecular flexibility index (Phi) is 4.33. The normalized spacial score (nSPS) is 25.7. The minimum Gasteiger partial charge on any atom is -0.497 e. The highest BCUT2D eigenvalue weighted by atomic mass is 16.6. The van der Waals surface area contributed by atoms with Gasteiger partial charge in [0.1, 0.15) is 36.0 Å². The molecule has 1 aliphatic rings. The molecule has 1 aliphatic heterocycles. The molecule has 26 heavy (non-hydrogen) atoms. The van der Waals surface area contributed by atoms with Crippen molar-refractivity contribution in [3.8, 4) is 17.0 Å². The van der Waals surface area contributed by atoms with E-state index >= 15 is 0 Å². The summed E-state index contributed by atoms with van der Waals surface area (Å²) in [7, 11) is 1.61. The van der Waals surface area contributed by atoms with Crippen LogP contribution in [-0.4, -0.2) is 61.9 Å². The quantitative estimate of drug-likeness (QED) is 0.631. The third-order valence-corrected chi connectivity index (χ3v) is 4.66. The van der Waals surface area contributed by atoms with Gasteiger partial charge in [0.2, 0.25) is 0 Å². The Morgan fingerprint density at radius 3 is 2.54 bits per heavy atom. The third kappa shape index (κ3) is 2.63. The van der Waals surface area contributed by atoms with Crippen LogP contribution in [0.4, 0.5) is 0 Å². The lowest BCUT2D eigenvalue weighted by atomic mass is 10.1. The van der Waals surface area contributed by atoms with E-state index in [1.165, 1.54) is 6.33 Å². The molecule has 0 unspecified atom stereocenters. The van der Waals surface area contributed by atoms with E-state index in [4.69, 9.17) is 9.47 Å². The lowest BCUT2D eigenvalue weighted by Gasteiger charge is -2.17. The Balaban J connectivity index is 1.76. The SMILES string of the molecule is COc1ccc(-c2ncnc3c2ccn3[C@@H]2O[C@H](CO)[C@@H](O)[C@H]2O)cc1. The topological polar surface area (TPSA) is 110 Å². The minimum absolute atomic E-state index is 0.375. The van der Waals surface area contributed by atoms with Gasteiger partial charge in [0.25, 0.3) is 0 Å². The molecule has 0 bridgehead atoms. The molecule has 3 aromatic rings. The molecule has 1 fully saturated rings. The van der Waals surface area contributed by atoms with Crippen molar-refractivity contribution in [1.82, 2.24) is 14.5 Å². The molecule has 1 saturated heterocycles. The fourth-order valence-electron chi connectivity index (χ4n) is 3.27. The first-order chi connectivity index (χ1) is 12.6. The number of ether oxygens (including phenoxy) is 2. The number of hydrogen-bond donors (Lipinski definition) is 3. The van der Waals surface area contributed by atoms with Crippen molar-refractivity contribution in [1.29, 1.82) is 0 Å². The second-order valence-corrected chi connectivity index (χ2v) is 6.14. The molecule has 4 rings (SSSR count). The van der Waals surface area contributed by atoms with Crippen molar-refractivity contribution in [2.75, 3.05) is 13.7 Å². The summed E-state index contributed by atoms with van der Waals surface area (Å²) in [5.74, 6) is 0.753.